The van der Waals surface area contributed by atoms with Crippen LogP contribution in [0.3, 0.4) is 0 Å². The van der Waals surface area contributed by atoms with Crippen LogP contribution >= 0.6 is 11.3 Å². The van der Waals surface area contributed by atoms with Gasteiger partial charge in [-0.1, -0.05) is 164 Å². The number of fused-ring (bicyclic) bond motifs is 7. The molecule has 2 nitrogen and oxygen atoms in total. The molecule has 0 unspecified atom stereocenters. The van der Waals surface area contributed by atoms with Crippen molar-refractivity contribution >= 4 is 74.6 Å². The van der Waals surface area contributed by atoms with Gasteiger partial charge in [0.2, 0.25) is 0 Å². The Bertz CT molecular complexity index is 3440. The maximum atomic E-state index is 10.2. The molecule has 11 aromatic rings. The van der Waals surface area contributed by atoms with E-state index in [0.29, 0.717) is 11.1 Å². The minimum absolute atomic E-state index is 0.671. The highest BCUT2D eigenvalue weighted by atomic mass is 32.1. The van der Waals surface area contributed by atoms with Gasteiger partial charge in [-0.3, -0.25) is 0 Å². The summed E-state index contributed by atoms with van der Waals surface area (Å²) in [7, 11) is 0. The minimum atomic E-state index is 0.671. The predicted octanol–water partition coefficient (Wildman–Crippen LogP) is 15.1. The first-order valence-electron chi connectivity index (χ1n) is 19.1. The van der Waals surface area contributed by atoms with E-state index in [1.165, 1.54) is 53.2 Å². The Morgan fingerprint density at radius 2 is 0.684 bits per heavy atom. The minimum Gasteiger partial charge on any atom is -0.192 e. The molecule has 0 bridgehead atoms. The fraction of sp³-hybridized carbons (Fsp3) is 0. The molecule has 0 aliphatic heterocycles. The number of hydrogen-bond donors (Lipinski definition) is 0. The Morgan fingerprint density at radius 3 is 1.14 bits per heavy atom. The zero-order valence-corrected chi connectivity index (χ0v) is 31.4. The van der Waals surface area contributed by atoms with Crippen LogP contribution in [0, 0.1) is 22.7 Å². The fourth-order valence-corrected chi connectivity index (χ4v) is 10.4. The third kappa shape index (κ3) is 4.94. The monoisotopic (exact) mass is 738 g/mol. The lowest BCUT2D eigenvalue weighted by Gasteiger charge is -2.18. The van der Waals surface area contributed by atoms with Crippen LogP contribution in [0.15, 0.2) is 182 Å². The van der Waals surface area contributed by atoms with Gasteiger partial charge in [-0.2, -0.15) is 10.5 Å². The molecule has 262 valence electrons. The number of rotatable bonds is 4. The second-order valence-electron chi connectivity index (χ2n) is 14.5. The molecule has 10 aromatic carbocycles. The van der Waals surface area contributed by atoms with Crippen molar-refractivity contribution in [1.29, 1.82) is 10.5 Å². The van der Waals surface area contributed by atoms with Gasteiger partial charge < -0.3 is 0 Å². The van der Waals surface area contributed by atoms with Crippen LogP contribution in [0.4, 0.5) is 0 Å². The molecule has 1 heterocycles. The average Bonchev–Trinajstić information content (AvgIpc) is 3.65. The van der Waals surface area contributed by atoms with E-state index < -0.39 is 0 Å². The van der Waals surface area contributed by atoms with Gasteiger partial charge in [0.1, 0.15) is 0 Å². The van der Waals surface area contributed by atoms with E-state index in [-0.39, 0.29) is 0 Å². The SMILES string of the molecule is N#Cc1ccccc1-c1c2ccccc2c(-c2ccc3c(c2)sc2c(-c4c5ccccc5c(-c5ccccc5C#N)c5ccccc45)cccc23)c2ccccc12. The summed E-state index contributed by atoms with van der Waals surface area (Å²) in [6, 6.07) is 69.0. The Labute approximate surface area is 333 Å². The Hall–Kier alpha value is -7.56. The first-order valence-corrected chi connectivity index (χ1v) is 19.9. The maximum absolute atomic E-state index is 10.2. The summed E-state index contributed by atoms with van der Waals surface area (Å²) in [5.74, 6) is 0. The number of nitrogens with zero attached hydrogens (tertiary/aromatic N) is 2. The van der Waals surface area contributed by atoms with Crippen molar-refractivity contribution in [3.05, 3.63) is 193 Å². The van der Waals surface area contributed by atoms with E-state index in [1.807, 2.05) is 47.7 Å². The molecule has 11 rings (SSSR count). The topological polar surface area (TPSA) is 47.6 Å². The van der Waals surface area contributed by atoms with E-state index in [4.69, 9.17) is 0 Å². The van der Waals surface area contributed by atoms with Crippen LogP contribution in [-0.2, 0) is 0 Å². The largest absolute Gasteiger partial charge is 0.192 e. The molecule has 0 N–H and O–H groups in total. The van der Waals surface area contributed by atoms with Crippen LogP contribution in [-0.4, -0.2) is 0 Å². The molecule has 0 aliphatic carbocycles. The standard InChI is InChI=1S/C54H30N2S/c55-31-34-14-1-3-16-36(34)51-41-20-7-5-18-39(41)50(40-19-6-8-21-42(40)51)33-28-29-38-47-26-13-27-48(54(47)57-49(38)30-33)53-45-24-11-9-22-43(45)52(44-23-10-12-25-46(44)53)37-17-4-2-15-35(37)32-56/h1-30H. The van der Waals surface area contributed by atoms with Crippen molar-refractivity contribution in [3.63, 3.8) is 0 Å². The Balaban J connectivity index is 1.17. The smallest absolute Gasteiger partial charge is 0.0998 e. The van der Waals surface area contributed by atoms with Crippen LogP contribution in [0.2, 0.25) is 0 Å². The van der Waals surface area contributed by atoms with Crippen LogP contribution in [0.5, 0.6) is 0 Å². The number of benzene rings is 10. The van der Waals surface area contributed by atoms with Crippen molar-refractivity contribution in [2.45, 2.75) is 0 Å². The molecule has 1 aromatic heterocycles. The first kappa shape index (κ1) is 32.8. The molecule has 0 aliphatic rings. The molecule has 0 fully saturated rings. The summed E-state index contributed by atoms with van der Waals surface area (Å²) in [5, 5.41) is 32.0. The van der Waals surface area contributed by atoms with E-state index in [1.54, 1.807) is 0 Å². The quantitative estimate of drug-likeness (QED) is 0.169. The Morgan fingerprint density at radius 1 is 0.316 bits per heavy atom. The van der Waals surface area contributed by atoms with Crippen LogP contribution in [0.25, 0.3) is 108 Å². The van der Waals surface area contributed by atoms with Gasteiger partial charge in [0.15, 0.2) is 0 Å². The van der Waals surface area contributed by atoms with Crippen molar-refractivity contribution in [2.24, 2.45) is 0 Å². The summed E-state index contributed by atoms with van der Waals surface area (Å²) in [6.07, 6.45) is 0. The molecular weight excluding hydrogens is 709 g/mol. The molecule has 0 saturated heterocycles. The van der Waals surface area contributed by atoms with E-state index in [2.05, 4.69) is 158 Å². The lowest BCUT2D eigenvalue weighted by atomic mass is 9.84. The molecule has 0 saturated carbocycles. The molecule has 3 heteroatoms. The highest BCUT2D eigenvalue weighted by Crippen LogP contribution is 2.50. The number of nitriles is 2. The molecule has 0 amide bonds. The summed E-state index contributed by atoms with van der Waals surface area (Å²) in [6.45, 7) is 0. The van der Waals surface area contributed by atoms with Gasteiger partial charge >= 0.3 is 0 Å². The van der Waals surface area contributed by atoms with Crippen molar-refractivity contribution in [1.82, 2.24) is 0 Å². The summed E-state index contributed by atoms with van der Waals surface area (Å²) < 4.78 is 2.48. The third-order valence-corrected chi connectivity index (χ3v) is 12.8. The lowest BCUT2D eigenvalue weighted by molar-refractivity contribution is 1.48. The molecular formula is C54H30N2S. The summed E-state index contributed by atoms with van der Waals surface area (Å²) in [4.78, 5) is 0. The Kier molecular flexibility index (Phi) is 7.51. The van der Waals surface area contributed by atoms with Crippen molar-refractivity contribution in [3.8, 4) is 56.6 Å². The van der Waals surface area contributed by atoms with Gasteiger partial charge in [0, 0.05) is 36.9 Å². The van der Waals surface area contributed by atoms with Crippen LogP contribution < -0.4 is 0 Å². The van der Waals surface area contributed by atoms with Crippen LogP contribution in [0.1, 0.15) is 11.1 Å². The average molecular weight is 739 g/mol. The molecule has 0 atom stereocenters. The third-order valence-electron chi connectivity index (χ3n) is 11.6. The molecule has 0 spiro atoms. The number of hydrogen-bond acceptors (Lipinski definition) is 3. The molecule has 0 radical (unpaired) electrons. The zero-order chi connectivity index (χ0) is 38.0. The fourth-order valence-electron chi connectivity index (χ4n) is 9.19. The summed E-state index contributed by atoms with van der Waals surface area (Å²) >= 11 is 1.85. The predicted molar refractivity (Wildman–Crippen MR) is 241 cm³/mol. The maximum Gasteiger partial charge on any atom is 0.0998 e. The second-order valence-corrected chi connectivity index (χ2v) is 15.5. The van der Waals surface area contributed by atoms with E-state index in [9.17, 15) is 10.5 Å². The highest BCUT2D eigenvalue weighted by molar-refractivity contribution is 7.26. The van der Waals surface area contributed by atoms with E-state index in [0.717, 1.165) is 54.6 Å². The van der Waals surface area contributed by atoms with E-state index >= 15 is 0 Å². The van der Waals surface area contributed by atoms with Gasteiger partial charge in [0.05, 0.1) is 23.3 Å². The van der Waals surface area contributed by atoms with Crippen molar-refractivity contribution < 1.29 is 0 Å². The van der Waals surface area contributed by atoms with Gasteiger partial charge in [0.25, 0.3) is 0 Å². The van der Waals surface area contributed by atoms with Gasteiger partial charge in [-0.05, 0) is 89.1 Å². The molecule has 57 heavy (non-hydrogen) atoms. The second kappa shape index (κ2) is 13.0. The summed E-state index contributed by atoms with van der Waals surface area (Å²) in [5.41, 5.74) is 10.2. The number of thiophene rings is 1. The first-order chi connectivity index (χ1) is 28.2. The van der Waals surface area contributed by atoms with Gasteiger partial charge in [-0.25, -0.2) is 0 Å². The van der Waals surface area contributed by atoms with Gasteiger partial charge in [-0.15, -0.1) is 11.3 Å². The highest BCUT2D eigenvalue weighted by Gasteiger charge is 2.22. The van der Waals surface area contributed by atoms with Crippen molar-refractivity contribution in [2.75, 3.05) is 0 Å². The normalized spacial score (nSPS) is 11.5. The lowest BCUT2D eigenvalue weighted by Crippen LogP contribution is -1.92. The zero-order valence-electron chi connectivity index (χ0n) is 30.6.